The molecule has 94 valence electrons. The SMILES string of the molecule is COCCC(CCOC)(CC(N)=O)C(N)=O. The smallest absolute Gasteiger partial charge is 0.224 e. The van der Waals surface area contributed by atoms with Gasteiger partial charge < -0.3 is 20.9 Å². The van der Waals surface area contributed by atoms with Gasteiger partial charge in [-0.25, -0.2) is 0 Å². The number of nitrogens with two attached hydrogens (primary N) is 2. The zero-order valence-electron chi connectivity index (χ0n) is 9.82. The lowest BCUT2D eigenvalue weighted by atomic mass is 9.77. The topological polar surface area (TPSA) is 105 Å². The summed E-state index contributed by atoms with van der Waals surface area (Å²) in [6.45, 7) is 0.694. The Balaban J connectivity index is 4.73. The number of methoxy groups -OCH3 is 2. The molecule has 0 spiro atoms. The summed E-state index contributed by atoms with van der Waals surface area (Å²) in [5, 5.41) is 0. The van der Waals surface area contributed by atoms with E-state index in [4.69, 9.17) is 20.9 Å². The summed E-state index contributed by atoms with van der Waals surface area (Å²) in [5.74, 6) is -1.09. The van der Waals surface area contributed by atoms with Crippen LogP contribution >= 0.6 is 0 Å². The van der Waals surface area contributed by atoms with Crippen LogP contribution in [0.5, 0.6) is 0 Å². The predicted molar refractivity (Wildman–Crippen MR) is 58.4 cm³/mol. The predicted octanol–water partition coefficient (Wildman–Crippen LogP) is -0.593. The molecule has 6 heteroatoms. The molecular weight excluding hydrogens is 212 g/mol. The molecule has 0 heterocycles. The fraction of sp³-hybridized carbons (Fsp3) is 0.800. The molecule has 6 nitrogen and oxygen atoms in total. The molecule has 2 amide bonds. The third-order valence-electron chi connectivity index (χ3n) is 2.60. The van der Waals surface area contributed by atoms with Crippen molar-refractivity contribution in [1.29, 1.82) is 0 Å². The highest BCUT2D eigenvalue weighted by atomic mass is 16.5. The molecule has 0 aliphatic carbocycles. The second kappa shape index (κ2) is 7.19. The van der Waals surface area contributed by atoms with Gasteiger partial charge in [0, 0.05) is 33.9 Å². The second-order valence-electron chi connectivity index (χ2n) is 3.77. The molecule has 0 saturated heterocycles. The van der Waals surface area contributed by atoms with E-state index in [9.17, 15) is 9.59 Å². The van der Waals surface area contributed by atoms with E-state index < -0.39 is 17.2 Å². The summed E-state index contributed by atoms with van der Waals surface area (Å²) in [5.41, 5.74) is 9.51. The Hall–Kier alpha value is -1.14. The van der Waals surface area contributed by atoms with Crippen molar-refractivity contribution < 1.29 is 19.1 Å². The third kappa shape index (κ3) is 4.59. The molecule has 0 aromatic carbocycles. The fourth-order valence-electron chi connectivity index (χ4n) is 1.56. The highest BCUT2D eigenvalue weighted by molar-refractivity contribution is 5.87. The van der Waals surface area contributed by atoms with Gasteiger partial charge in [0.25, 0.3) is 0 Å². The third-order valence-corrected chi connectivity index (χ3v) is 2.60. The van der Waals surface area contributed by atoms with Crippen LogP contribution in [0.15, 0.2) is 0 Å². The standard InChI is InChI=1S/C10H20N2O4/c1-15-5-3-10(9(12)14,4-6-16-2)7-8(11)13/h3-7H2,1-2H3,(H2,11,13)(H2,12,14). The number of carbonyl (C=O) groups excluding carboxylic acids is 2. The average molecular weight is 232 g/mol. The van der Waals surface area contributed by atoms with Crippen LogP contribution in [-0.4, -0.2) is 39.2 Å². The summed E-state index contributed by atoms with van der Waals surface area (Å²) in [4.78, 5) is 22.5. The van der Waals surface area contributed by atoms with Crippen molar-refractivity contribution in [3.63, 3.8) is 0 Å². The average Bonchev–Trinajstić information content (AvgIpc) is 2.21. The van der Waals surface area contributed by atoms with Crippen LogP contribution in [0.1, 0.15) is 19.3 Å². The van der Waals surface area contributed by atoms with Gasteiger partial charge in [-0.15, -0.1) is 0 Å². The Bertz CT molecular complexity index is 235. The van der Waals surface area contributed by atoms with Crippen LogP contribution in [0.3, 0.4) is 0 Å². The van der Waals surface area contributed by atoms with Gasteiger partial charge in [0.1, 0.15) is 0 Å². The summed E-state index contributed by atoms with van der Waals surface area (Å²) >= 11 is 0. The normalized spacial score (nSPS) is 11.4. The van der Waals surface area contributed by atoms with Gasteiger partial charge in [0.05, 0.1) is 5.41 Å². The van der Waals surface area contributed by atoms with Crippen molar-refractivity contribution in [3.05, 3.63) is 0 Å². The molecule has 0 bridgehead atoms. The number of rotatable bonds is 9. The first-order valence-corrected chi connectivity index (χ1v) is 5.04. The van der Waals surface area contributed by atoms with Gasteiger partial charge in [0.2, 0.25) is 11.8 Å². The molecule has 0 aliphatic heterocycles. The Morgan fingerprint density at radius 2 is 1.50 bits per heavy atom. The Labute approximate surface area is 95.3 Å². The van der Waals surface area contributed by atoms with Crippen molar-refractivity contribution in [3.8, 4) is 0 Å². The molecule has 0 aromatic rings. The molecule has 0 saturated carbocycles. The molecule has 0 aromatic heterocycles. The van der Waals surface area contributed by atoms with Crippen LogP contribution in [-0.2, 0) is 19.1 Å². The lowest BCUT2D eigenvalue weighted by Crippen LogP contribution is -2.42. The summed E-state index contributed by atoms with van der Waals surface area (Å²) in [6, 6.07) is 0. The molecule has 0 fully saturated rings. The number of hydrogen-bond donors (Lipinski definition) is 2. The molecule has 0 unspecified atom stereocenters. The van der Waals surface area contributed by atoms with Crippen LogP contribution in [0.25, 0.3) is 0 Å². The van der Waals surface area contributed by atoms with E-state index in [1.54, 1.807) is 0 Å². The molecule has 0 aliphatic rings. The van der Waals surface area contributed by atoms with E-state index in [2.05, 4.69) is 0 Å². The monoisotopic (exact) mass is 232 g/mol. The first kappa shape index (κ1) is 14.9. The lowest BCUT2D eigenvalue weighted by Gasteiger charge is -2.28. The van der Waals surface area contributed by atoms with Crippen LogP contribution in [0.2, 0.25) is 0 Å². The zero-order valence-corrected chi connectivity index (χ0v) is 9.82. The van der Waals surface area contributed by atoms with Crippen molar-refractivity contribution in [2.24, 2.45) is 16.9 Å². The highest BCUT2D eigenvalue weighted by Crippen LogP contribution is 2.30. The number of carbonyl (C=O) groups is 2. The number of ether oxygens (including phenoxy) is 2. The maximum absolute atomic E-state index is 11.5. The molecule has 16 heavy (non-hydrogen) atoms. The maximum Gasteiger partial charge on any atom is 0.224 e. The maximum atomic E-state index is 11.5. The van der Waals surface area contributed by atoms with Crippen molar-refractivity contribution in [1.82, 2.24) is 0 Å². The van der Waals surface area contributed by atoms with Crippen LogP contribution in [0, 0.1) is 5.41 Å². The first-order chi connectivity index (χ1) is 7.48. The van der Waals surface area contributed by atoms with Gasteiger partial charge in [-0.05, 0) is 12.8 Å². The van der Waals surface area contributed by atoms with Gasteiger partial charge in [-0.3, -0.25) is 9.59 Å². The number of hydrogen-bond acceptors (Lipinski definition) is 4. The van der Waals surface area contributed by atoms with Gasteiger partial charge >= 0.3 is 0 Å². The Kier molecular flexibility index (Phi) is 6.67. The molecule has 4 N–H and O–H groups in total. The number of primary amides is 2. The minimum absolute atomic E-state index is 0.0744. The van der Waals surface area contributed by atoms with E-state index >= 15 is 0 Å². The molecule has 0 rings (SSSR count). The highest BCUT2D eigenvalue weighted by Gasteiger charge is 2.37. The summed E-state index contributed by atoms with van der Waals surface area (Å²) < 4.78 is 9.82. The van der Waals surface area contributed by atoms with E-state index in [-0.39, 0.29) is 6.42 Å². The van der Waals surface area contributed by atoms with Crippen LogP contribution in [0.4, 0.5) is 0 Å². The van der Waals surface area contributed by atoms with E-state index in [1.165, 1.54) is 14.2 Å². The quantitative estimate of drug-likeness (QED) is 0.554. The lowest BCUT2D eigenvalue weighted by molar-refractivity contribution is -0.135. The van der Waals surface area contributed by atoms with Crippen molar-refractivity contribution in [2.45, 2.75) is 19.3 Å². The Morgan fingerprint density at radius 3 is 1.75 bits per heavy atom. The van der Waals surface area contributed by atoms with Gasteiger partial charge in [0.15, 0.2) is 0 Å². The molecular formula is C10H20N2O4. The van der Waals surface area contributed by atoms with E-state index in [0.717, 1.165) is 0 Å². The van der Waals surface area contributed by atoms with Gasteiger partial charge in [-0.2, -0.15) is 0 Å². The van der Waals surface area contributed by atoms with Crippen molar-refractivity contribution in [2.75, 3.05) is 27.4 Å². The molecule has 0 atom stereocenters. The van der Waals surface area contributed by atoms with Crippen molar-refractivity contribution >= 4 is 11.8 Å². The first-order valence-electron chi connectivity index (χ1n) is 5.04. The second-order valence-corrected chi connectivity index (χ2v) is 3.77. The van der Waals surface area contributed by atoms with Gasteiger partial charge in [-0.1, -0.05) is 0 Å². The molecule has 0 radical (unpaired) electrons. The fourth-order valence-corrected chi connectivity index (χ4v) is 1.56. The zero-order chi connectivity index (χ0) is 12.6. The summed E-state index contributed by atoms with van der Waals surface area (Å²) in [6.07, 6.45) is 0.658. The van der Waals surface area contributed by atoms with E-state index in [0.29, 0.717) is 26.1 Å². The number of amides is 2. The minimum atomic E-state index is -0.960. The summed E-state index contributed by atoms with van der Waals surface area (Å²) in [7, 11) is 3.04. The van der Waals surface area contributed by atoms with E-state index in [1.807, 2.05) is 0 Å². The van der Waals surface area contributed by atoms with Crippen LogP contribution < -0.4 is 11.5 Å². The largest absolute Gasteiger partial charge is 0.385 e. The minimum Gasteiger partial charge on any atom is -0.385 e. The Morgan fingerprint density at radius 1 is 1.06 bits per heavy atom.